The predicted molar refractivity (Wildman–Crippen MR) is 134 cm³/mol. The standard InChI is InChI=1S/C25H21ClN4O4S/c1-33-21-8-3-2-5-17(21)14-27-23(31)16-6-4-7-19(13-16)28-24(32)25-30-29-22(35-25)15-34-20-11-9-18(26)10-12-20/h2-13H,14-15H2,1H3,(H,27,31)(H,28,32). The lowest BCUT2D eigenvalue weighted by atomic mass is 10.1. The number of benzene rings is 3. The minimum atomic E-state index is -0.424. The Bertz CT molecular complexity index is 1330. The number of amides is 2. The van der Waals surface area contributed by atoms with Gasteiger partial charge >= 0.3 is 0 Å². The van der Waals surface area contributed by atoms with Gasteiger partial charge in [0.05, 0.1) is 7.11 Å². The highest BCUT2D eigenvalue weighted by atomic mass is 35.5. The van der Waals surface area contributed by atoms with Gasteiger partial charge < -0.3 is 20.1 Å². The number of aromatic nitrogens is 2. The van der Waals surface area contributed by atoms with Crippen molar-refractivity contribution >= 4 is 40.4 Å². The minimum Gasteiger partial charge on any atom is -0.496 e. The monoisotopic (exact) mass is 508 g/mol. The molecule has 0 radical (unpaired) electrons. The summed E-state index contributed by atoms with van der Waals surface area (Å²) in [5, 5.41) is 14.9. The number of nitrogens with zero attached hydrogens (tertiary/aromatic N) is 2. The maximum absolute atomic E-state index is 12.6. The van der Waals surface area contributed by atoms with Crippen LogP contribution in [0.25, 0.3) is 0 Å². The van der Waals surface area contributed by atoms with Crippen molar-refractivity contribution in [1.29, 1.82) is 0 Å². The summed E-state index contributed by atoms with van der Waals surface area (Å²) in [6.45, 7) is 0.486. The normalized spacial score (nSPS) is 10.5. The molecule has 0 fully saturated rings. The Morgan fingerprint density at radius 2 is 1.77 bits per heavy atom. The Balaban J connectivity index is 1.33. The van der Waals surface area contributed by atoms with Gasteiger partial charge in [-0.25, -0.2) is 0 Å². The predicted octanol–water partition coefficient (Wildman–Crippen LogP) is 4.96. The molecule has 0 unspecified atom stereocenters. The van der Waals surface area contributed by atoms with Gasteiger partial charge in [0.25, 0.3) is 11.8 Å². The third kappa shape index (κ3) is 6.56. The molecule has 0 saturated carbocycles. The van der Waals surface area contributed by atoms with Gasteiger partial charge in [-0.3, -0.25) is 9.59 Å². The zero-order valence-electron chi connectivity index (χ0n) is 18.7. The summed E-state index contributed by atoms with van der Waals surface area (Å²) >= 11 is 6.99. The van der Waals surface area contributed by atoms with Crippen molar-refractivity contribution in [2.75, 3.05) is 12.4 Å². The molecule has 0 atom stereocenters. The van der Waals surface area contributed by atoms with E-state index in [0.717, 1.165) is 16.9 Å². The van der Waals surface area contributed by atoms with Crippen LogP contribution >= 0.6 is 22.9 Å². The summed E-state index contributed by atoms with van der Waals surface area (Å²) in [5.74, 6) is 0.636. The Morgan fingerprint density at radius 3 is 2.57 bits per heavy atom. The van der Waals surface area contributed by atoms with E-state index in [1.165, 1.54) is 0 Å². The molecule has 0 aliphatic heterocycles. The van der Waals surface area contributed by atoms with Crippen molar-refractivity contribution in [3.63, 3.8) is 0 Å². The largest absolute Gasteiger partial charge is 0.496 e. The van der Waals surface area contributed by atoms with E-state index in [1.54, 1.807) is 55.6 Å². The Kier molecular flexibility index (Phi) is 7.92. The van der Waals surface area contributed by atoms with Crippen LogP contribution < -0.4 is 20.1 Å². The molecule has 4 aromatic rings. The maximum Gasteiger partial charge on any atom is 0.286 e. The van der Waals surface area contributed by atoms with Crippen LogP contribution in [0.4, 0.5) is 5.69 Å². The van der Waals surface area contributed by atoms with Gasteiger partial charge in [0.1, 0.15) is 18.1 Å². The fraction of sp³-hybridized carbons (Fsp3) is 0.120. The van der Waals surface area contributed by atoms with Gasteiger partial charge in [-0.15, -0.1) is 10.2 Å². The van der Waals surface area contributed by atoms with Crippen LogP contribution in [0, 0.1) is 0 Å². The molecule has 3 aromatic carbocycles. The molecule has 4 rings (SSSR count). The third-order valence-corrected chi connectivity index (χ3v) is 6.00. The highest BCUT2D eigenvalue weighted by Crippen LogP contribution is 2.20. The molecule has 0 spiro atoms. The molecule has 1 aromatic heterocycles. The third-order valence-electron chi connectivity index (χ3n) is 4.85. The molecule has 0 saturated heterocycles. The van der Waals surface area contributed by atoms with Gasteiger partial charge in [-0.1, -0.05) is 47.2 Å². The molecular formula is C25H21ClN4O4S. The first-order valence-electron chi connectivity index (χ1n) is 10.5. The second-order valence-electron chi connectivity index (χ2n) is 7.27. The van der Waals surface area contributed by atoms with Crippen molar-refractivity contribution in [3.05, 3.63) is 99.0 Å². The Labute approximate surface area is 210 Å². The number of rotatable bonds is 9. The Hall–Kier alpha value is -3.95. The van der Waals surface area contributed by atoms with E-state index in [4.69, 9.17) is 21.1 Å². The SMILES string of the molecule is COc1ccccc1CNC(=O)c1cccc(NC(=O)c2nnc(COc3ccc(Cl)cc3)s2)c1. The number of carbonyl (C=O) groups is 2. The van der Waals surface area contributed by atoms with E-state index < -0.39 is 5.91 Å². The van der Waals surface area contributed by atoms with E-state index in [9.17, 15) is 9.59 Å². The fourth-order valence-corrected chi connectivity index (χ4v) is 3.90. The van der Waals surface area contributed by atoms with Crippen LogP contribution in [0.15, 0.2) is 72.8 Å². The van der Waals surface area contributed by atoms with Crippen LogP contribution in [0.3, 0.4) is 0 Å². The van der Waals surface area contributed by atoms with Crippen molar-refractivity contribution < 1.29 is 19.1 Å². The lowest BCUT2D eigenvalue weighted by Gasteiger charge is -2.10. The summed E-state index contributed by atoms with van der Waals surface area (Å²) in [4.78, 5) is 25.3. The number of methoxy groups -OCH3 is 1. The second kappa shape index (κ2) is 11.5. The lowest BCUT2D eigenvalue weighted by molar-refractivity contribution is 0.0949. The molecule has 35 heavy (non-hydrogen) atoms. The van der Waals surface area contributed by atoms with Gasteiger partial charge in [-0.2, -0.15) is 0 Å². The molecule has 1 heterocycles. The molecule has 0 aliphatic carbocycles. The fourth-order valence-electron chi connectivity index (χ4n) is 3.13. The molecule has 0 bridgehead atoms. The number of nitrogens with one attached hydrogen (secondary N) is 2. The van der Waals surface area contributed by atoms with Crippen LogP contribution in [0.2, 0.25) is 5.02 Å². The first-order valence-corrected chi connectivity index (χ1v) is 11.7. The lowest BCUT2D eigenvalue weighted by Crippen LogP contribution is -2.23. The van der Waals surface area contributed by atoms with E-state index in [0.29, 0.717) is 39.3 Å². The summed E-state index contributed by atoms with van der Waals surface area (Å²) in [6.07, 6.45) is 0. The minimum absolute atomic E-state index is 0.175. The number of para-hydroxylation sites is 1. The summed E-state index contributed by atoms with van der Waals surface area (Å²) in [5.41, 5.74) is 1.74. The van der Waals surface area contributed by atoms with Crippen LogP contribution in [-0.4, -0.2) is 29.1 Å². The topological polar surface area (TPSA) is 102 Å². The van der Waals surface area contributed by atoms with Crippen LogP contribution in [-0.2, 0) is 13.2 Å². The summed E-state index contributed by atoms with van der Waals surface area (Å²) in [6, 6.07) is 21.1. The number of anilines is 1. The second-order valence-corrected chi connectivity index (χ2v) is 8.77. The average Bonchev–Trinajstić information content (AvgIpc) is 3.36. The van der Waals surface area contributed by atoms with Gasteiger partial charge in [0, 0.05) is 28.4 Å². The molecule has 0 aliphatic rings. The van der Waals surface area contributed by atoms with E-state index in [-0.39, 0.29) is 17.5 Å². The highest BCUT2D eigenvalue weighted by molar-refractivity contribution is 7.13. The maximum atomic E-state index is 12.6. The first-order chi connectivity index (χ1) is 17.0. The smallest absolute Gasteiger partial charge is 0.286 e. The molecule has 8 nitrogen and oxygen atoms in total. The molecule has 178 valence electrons. The van der Waals surface area contributed by atoms with Crippen LogP contribution in [0.1, 0.15) is 30.7 Å². The van der Waals surface area contributed by atoms with Gasteiger partial charge in [0.2, 0.25) is 5.01 Å². The summed E-state index contributed by atoms with van der Waals surface area (Å²) in [7, 11) is 1.58. The van der Waals surface area contributed by atoms with Crippen molar-refractivity contribution in [1.82, 2.24) is 15.5 Å². The van der Waals surface area contributed by atoms with Crippen LogP contribution in [0.5, 0.6) is 11.5 Å². The van der Waals surface area contributed by atoms with E-state index >= 15 is 0 Å². The van der Waals surface area contributed by atoms with E-state index in [1.807, 2.05) is 24.3 Å². The average molecular weight is 509 g/mol. The zero-order valence-corrected chi connectivity index (χ0v) is 20.2. The number of ether oxygens (including phenoxy) is 2. The van der Waals surface area contributed by atoms with Crippen molar-refractivity contribution in [2.45, 2.75) is 13.2 Å². The number of carbonyl (C=O) groups excluding carboxylic acids is 2. The highest BCUT2D eigenvalue weighted by Gasteiger charge is 2.15. The van der Waals surface area contributed by atoms with Gasteiger partial charge in [-0.05, 0) is 48.5 Å². The van der Waals surface area contributed by atoms with Gasteiger partial charge in [0.15, 0.2) is 5.01 Å². The number of halogens is 1. The molecule has 2 N–H and O–H groups in total. The first kappa shape index (κ1) is 24.2. The molecule has 2 amide bonds. The van der Waals surface area contributed by atoms with E-state index in [2.05, 4.69) is 20.8 Å². The number of hydrogen-bond donors (Lipinski definition) is 2. The quantitative estimate of drug-likeness (QED) is 0.331. The molecular weight excluding hydrogens is 488 g/mol. The molecule has 10 heteroatoms. The summed E-state index contributed by atoms with van der Waals surface area (Å²) < 4.78 is 10.9. The number of hydrogen-bond acceptors (Lipinski definition) is 7. The zero-order chi connectivity index (χ0) is 24.6. The van der Waals surface area contributed by atoms with Crippen molar-refractivity contribution in [3.8, 4) is 11.5 Å². The Morgan fingerprint density at radius 1 is 0.971 bits per heavy atom. The van der Waals surface area contributed by atoms with Crippen molar-refractivity contribution in [2.24, 2.45) is 0 Å².